The van der Waals surface area contributed by atoms with Crippen molar-refractivity contribution in [2.75, 3.05) is 0 Å². The summed E-state index contributed by atoms with van der Waals surface area (Å²) in [6.45, 7) is 0. The van der Waals surface area contributed by atoms with Crippen molar-refractivity contribution in [3.63, 3.8) is 0 Å². The SMILES string of the molecule is Fc1c(F)c(F)c(-c2c(F)c(-c3c(F)c(F)c(F)c(F)c3F)c(F)c(-c3c(F)c(-c4c(F)c(F)c(F)c(F)c4F)c(F)c(-c4c(F)c(-c5c(F)c(F)c(F)c(F)c5F)c(F)c(-c5c(F)c(-c6c(F)c(F)c(F)c(F)c6F)c(F)c(-c6c(F)c(F)c(F)c(F)c6F)c5F)c4F)c3F)c2F)c(F)c1F. The monoisotopic (exact) mass is 1520 g/mol. The molecule has 10 aromatic carbocycles. The highest BCUT2D eigenvalue weighted by atomic mass is 19.2. The van der Waals surface area contributed by atoms with Gasteiger partial charge in [0.25, 0.3) is 0 Å². The fourth-order valence-corrected chi connectivity index (χ4v) is 10.2. The molecule has 0 saturated carbocycles. The number of halogens is 42. The van der Waals surface area contributed by atoms with Crippen LogP contribution >= 0.6 is 0 Å². The maximum Gasteiger partial charge on any atom is 0.200 e. The molecule has 0 aliphatic rings. The number of rotatable bonds is 9. The first-order chi connectivity index (χ1) is 47.2. The molecule has 0 heterocycles. The topological polar surface area (TPSA) is 0 Å². The summed E-state index contributed by atoms with van der Waals surface area (Å²) in [4.78, 5) is 0. The predicted octanol–water partition coefficient (Wildman–Crippen LogP) is 22.5. The summed E-state index contributed by atoms with van der Waals surface area (Å²) >= 11 is 0. The van der Waals surface area contributed by atoms with E-state index in [9.17, 15) is 61.5 Å². The van der Waals surface area contributed by atoms with Crippen molar-refractivity contribution in [3.8, 4) is 100 Å². The van der Waals surface area contributed by atoms with E-state index in [1.54, 1.807) is 0 Å². The van der Waals surface area contributed by atoms with Gasteiger partial charge >= 0.3 is 0 Å². The third-order valence-corrected chi connectivity index (χ3v) is 14.8. The first kappa shape index (κ1) is 74.0. The average molecular weight is 1520 g/mol. The van der Waals surface area contributed by atoms with Gasteiger partial charge in [-0.1, -0.05) is 0 Å². The van der Waals surface area contributed by atoms with Crippen molar-refractivity contribution in [3.05, 3.63) is 244 Å². The molecular weight excluding hydrogens is 1520 g/mol. The highest BCUT2D eigenvalue weighted by Crippen LogP contribution is 2.56. The van der Waals surface area contributed by atoms with E-state index in [-0.39, 0.29) is 0 Å². The number of benzene rings is 10. The van der Waals surface area contributed by atoms with Crippen LogP contribution in [0.1, 0.15) is 0 Å². The Kier molecular flexibility index (Phi) is 18.2. The van der Waals surface area contributed by atoms with Gasteiger partial charge in [0.1, 0.15) is 69.8 Å². The number of hydrogen-bond acceptors (Lipinski definition) is 0. The van der Waals surface area contributed by atoms with E-state index in [1.807, 2.05) is 0 Å². The van der Waals surface area contributed by atoms with E-state index in [0.717, 1.165) is 0 Å². The van der Waals surface area contributed by atoms with Crippen molar-refractivity contribution < 1.29 is 184 Å². The van der Waals surface area contributed by atoms with Crippen molar-refractivity contribution in [1.82, 2.24) is 0 Å². The predicted molar refractivity (Wildman–Crippen MR) is 254 cm³/mol. The third-order valence-electron chi connectivity index (χ3n) is 14.8. The smallest absolute Gasteiger partial charge is 0.200 e. The van der Waals surface area contributed by atoms with Crippen LogP contribution in [0.3, 0.4) is 0 Å². The maximum atomic E-state index is 18.3. The Morgan fingerprint density at radius 3 is 0.147 bits per heavy atom. The van der Waals surface area contributed by atoms with Gasteiger partial charge in [0.05, 0.1) is 100 Å². The molecule has 0 fully saturated rings. The van der Waals surface area contributed by atoms with Crippen LogP contribution in [-0.4, -0.2) is 0 Å². The van der Waals surface area contributed by atoms with Crippen LogP contribution in [0.25, 0.3) is 100 Å². The molecule has 0 saturated heterocycles. The van der Waals surface area contributed by atoms with E-state index in [0.29, 0.717) is 0 Å². The van der Waals surface area contributed by atoms with Gasteiger partial charge in [-0.2, -0.15) is 0 Å². The van der Waals surface area contributed by atoms with Crippen LogP contribution in [0.15, 0.2) is 0 Å². The first-order valence-corrected chi connectivity index (χ1v) is 25.2. The van der Waals surface area contributed by atoms with Crippen molar-refractivity contribution in [1.29, 1.82) is 0 Å². The first-order valence-electron chi connectivity index (χ1n) is 25.2. The molecule has 102 heavy (non-hydrogen) atoms. The van der Waals surface area contributed by atoms with Crippen LogP contribution in [0.4, 0.5) is 184 Å². The van der Waals surface area contributed by atoms with Gasteiger partial charge in [0.15, 0.2) is 140 Å². The number of hydrogen-bond donors (Lipinski definition) is 0. The third kappa shape index (κ3) is 9.88. The lowest BCUT2D eigenvalue weighted by molar-refractivity contribution is 0.379. The van der Waals surface area contributed by atoms with E-state index in [4.69, 9.17) is 0 Å². The van der Waals surface area contributed by atoms with E-state index in [1.165, 1.54) is 0 Å². The molecule has 0 radical (unpaired) electrons. The lowest BCUT2D eigenvalue weighted by Crippen LogP contribution is -2.15. The minimum atomic E-state index is -4.49. The van der Waals surface area contributed by atoms with Crippen LogP contribution in [-0.2, 0) is 0 Å². The van der Waals surface area contributed by atoms with Gasteiger partial charge in [-0.15, -0.1) is 0 Å². The van der Waals surface area contributed by atoms with Gasteiger partial charge in [0.2, 0.25) is 34.9 Å². The molecule has 0 amide bonds. The minimum absolute atomic E-state index is 3.51. The second-order valence-corrected chi connectivity index (χ2v) is 19.9. The fourth-order valence-electron chi connectivity index (χ4n) is 10.2. The molecule has 0 aliphatic carbocycles. The zero-order chi connectivity index (χ0) is 76.6. The standard InChI is InChI=1S/C60F42/c61-19-1(21(63)7(13-31(73)43(85)55(97)44(86)32(13)74)23(65)3(19)5-25(67)9(15-35(77)47(89)57(99)48(90)36(15)78)29(71)10(26(5)68)16-37(79)49(91)58(100)50(92)38(16)80)2-20(62)4(24(66)8(22(2)64)14-33(75)45(87)56(98)46(88)34(14)76)6-27(69)11(17-39(81)51(93)59(101)52(94)40(17)82)30(72)12(28(6)70)18-41(83)53(95)60(102)54(96)42(18)84. The zero-order valence-electron chi connectivity index (χ0n) is 45.9. The Labute approximate surface area is 528 Å². The van der Waals surface area contributed by atoms with E-state index in [2.05, 4.69) is 0 Å². The molecule has 0 unspecified atom stereocenters. The van der Waals surface area contributed by atoms with Crippen molar-refractivity contribution >= 4 is 0 Å². The molecule has 0 N–H and O–H groups in total. The molecule has 0 spiro atoms. The highest BCUT2D eigenvalue weighted by molar-refractivity contribution is 5.94. The summed E-state index contributed by atoms with van der Waals surface area (Å²) in [5, 5.41) is 0. The Morgan fingerprint density at radius 1 is 0.0490 bits per heavy atom. The Hall–Kier alpha value is -10.7. The minimum Gasteiger partial charge on any atom is -0.205 e. The van der Waals surface area contributed by atoms with Crippen LogP contribution in [0.5, 0.6) is 0 Å². The molecule has 0 aromatic heterocycles. The normalized spacial score (nSPS) is 11.8. The Bertz CT molecular complexity index is 4830. The molecule has 42 heteroatoms. The summed E-state index contributed by atoms with van der Waals surface area (Å²) in [6, 6.07) is 0. The molecule has 0 nitrogen and oxygen atoms in total. The van der Waals surface area contributed by atoms with Gasteiger partial charge < -0.3 is 0 Å². The van der Waals surface area contributed by atoms with E-state index >= 15 is 123 Å². The summed E-state index contributed by atoms with van der Waals surface area (Å²) in [7, 11) is 0. The van der Waals surface area contributed by atoms with Crippen LogP contribution in [0.2, 0.25) is 0 Å². The van der Waals surface area contributed by atoms with Crippen LogP contribution in [0, 0.1) is 244 Å². The lowest BCUT2D eigenvalue weighted by atomic mass is 9.83. The molecule has 534 valence electrons. The average Bonchev–Trinajstić information content (AvgIpc) is 0.706. The molecule has 0 atom stereocenters. The molecular formula is C60F42. The summed E-state index contributed by atoms with van der Waals surface area (Å²) in [5.74, 6) is -163. The molecule has 10 aromatic rings. The van der Waals surface area contributed by atoms with Crippen molar-refractivity contribution in [2.45, 2.75) is 0 Å². The lowest BCUT2D eigenvalue weighted by Gasteiger charge is -2.24. The van der Waals surface area contributed by atoms with Crippen LogP contribution < -0.4 is 0 Å². The van der Waals surface area contributed by atoms with Gasteiger partial charge in [-0.3, -0.25) is 0 Å². The second kappa shape index (κ2) is 25.1. The Morgan fingerprint density at radius 2 is 0.0882 bits per heavy atom. The fraction of sp³-hybridized carbons (Fsp3) is 0. The Balaban J connectivity index is 1.58. The maximum absolute atomic E-state index is 18.3. The molecule has 0 aliphatic heterocycles. The van der Waals surface area contributed by atoms with E-state index < -0.39 is 344 Å². The second-order valence-electron chi connectivity index (χ2n) is 19.9. The molecule has 10 rings (SSSR count). The molecule has 0 bridgehead atoms. The summed E-state index contributed by atoms with van der Waals surface area (Å²) < 4.78 is 668. The van der Waals surface area contributed by atoms with Gasteiger partial charge in [-0.05, 0) is 0 Å². The highest BCUT2D eigenvalue weighted by Gasteiger charge is 2.47. The summed E-state index contributed by atoms with van der Waals surface area (Å²) in [6.07, 6.45) is 0. The van der Waals surface area contributed by atoms with Gasteiger partial charge in [0, 0.05) is 0 Å². The van der Waals surface area contributed by atoms with Crippen molar-refractivity contribution in [2.24, 2.45) is 0 Å². The quantitative estimate of drug-likeness (QED) is 0.0768. The van der Waals surface area contributed by atoms with Gasteiger partial charge in [-0.25, -0.2) is 184 Å². The zero-order valence-corrected chi connectivity index (χ0v) is 45.9. The summed E-state index contributed by atoms with van der Waals surface area (Å²) in [5.41, 5.74) is -69.5. The largest absolute Gasteiger partial charge is 0.205 e.